The molecule has 0 bridgehead atoms. The van der Waals surface area contributed by atoms with E-state index in [2.05, 4.69) is 22.5 Å². The molecular formula is C21H31N3O2. The molecule has 5 nitrogen and oxygen atoms in total. The topological polar surface area (TPSA) is 61.4 Å². The Balaban J connectivity index is 1.59. The Morgan fingerprint density at radius 3 is 2.54 bits per heavy atom. The SMILES string of the molecule is CCCN(CC(=O)Nc1ccccc1C(=O)NC1CCCC1)CC1CC1. The Labute approximate surface area is 156 Å². The fraction of sp³-hybridized carbons (Fsp3) is 0.619. The van der Waals surface area contributed by atoms with Crippen LogP contribution in [0.4, 0.5) is 5.69 Å². The van der Waals surface area contributed by atoms with Gasteiger partial charge in [0.15, 0.2) is 0 Å². The highest BCUT2D eigenvalue weighted by molar-refractivity contribution is 6.04. The van der Waals surface area contributed by atoms with E-state index in [1.165, 1.54) is 25.7 Å². The molecule has 0 heterocycles. The van der Waals surface area contributed by atoms with E-state index >= 15 is 0 Å². The van der Waals surface area contributed by atoms with Gasteiger partial charge in [-0.15, -0.1) is 0 Å². The van der Waals surface area contributed by atoms with Crippen LogP contribution >= 0.6 is 0 Å². The second-order valence-electron chi connectivity index (χ2n) is 7.73. The first-order valence-electron chi connectivity index (χ1n) is 10.1. The zero-order chi connectivity index (χ0) is 18.4. The van der Waals surface area contributed by atoms with Crippen molar-refractivity contribution in [3.63, 3.8) is 0 Å². The summed E-state index contributed by atoms with van der Waals surface area (Å²) in [5.74, 6) is 0.634. The summed E-state index contributed by atoms with van der Waals surface area (Å²) in [6.45, 7) is 4.47. The van der Waals surface area contributed by atoms with Gasteiger partial charge in [0.25, 0.3) is 5.91 Å². The maximum absolute atomic E-state index is 12.6. The average Bonchev–Trinajstić information content (AvgIpc) is 3.28. The second kappa shape index (κ2) is 9.17. The van der Waals surface area contributed by atoms with Crippen molar-refractivity contribution in [2.24, 2.45) is 5.92 Å². The number of nitrogens with zero attached hydrogens (tertiary/aromatic N) is 1. The maximum Gasteiger partial charge on any atom is 0.253 e. The van der Waals surface area contributed by atoms with Crippen molar-refractivity contribution < 1.29 is 9.59 Å². The Kier molecular flexibility index (Phi) is 6.67. The summed E-state index contributed by atoms with van der Waals surface area (Å²) in [4.78, 5) is 27.4. The maximum atomic E-state index is 12.6. The molecule has 2 saturated carbocycles. The Morgan fingerprint density at radius 2 is 1.85 bits per heavy atom. The molecule has 0 unspecified atom stereocenters. The van der Waals surface area contributed by atoms with Crippen molar-refractivity contribution in [2.75, 3.05) is 25.0 Å². The summed E-state index contributed by atoms with van der Waals surface area (Å²) >= 11 is 0. The molecule has 0 atom stereocenters. The molecule has 2 N–H and O–H groups in total. The molecule has 0 spiro atoms. The van der Waals surface area contributed by atoms with Crippen LogP contribution in [0.25, 0.3) is 0 Å². The Bertz CT molecular complexity index is 621. The highest BCUT2D eigenvalue weighted by atomic mass is 16.2. The highest BCUT2D eigenvalue weighted by Gasteiger charge is 2.25. The summed E-state index contributed by atoms with van der Waals surface area (Å²) < 4.78 is 0. The van der Waals surface area contributed by atoms with Crippen LogP contribution in [0.3, 0.4) is 0 Å². The molecule has 1 aromatic rings. The number of carbonyl (C=O) groups is 2. The molecule has 1 aromatic carbocycles. The lowest BCUT2D eigenvalue weighted by Gasteiger charge is -2.21. The molecule has 26 heavy (non-hydrogen) atoms. The van der Waals surface area contributed by atoms with Gasteiger partial charge in [0.2, 0.25) is 5.91 Å². The largest absolute Gasteiger partial charge is 0.349 e. The number of hydrogen-bond acceptors (Lipinski definition) is 3. The summed E-state index contributed by atoms with van der Waals surface area (Å²) in [6.07, 6.45) is 8.06. The first-order valence-corrected chi connectivity index (χ1v) is 10.1. The fourth-order valence-electron chi connectivity index (χ4n) is 3.73. The lowest BCUT2D eigenvalue weighted by Crippen LogP contribution is -2.36. The normalized spacial score (nSPS) is 17.5. The number of carbonyl (C=O) groups excluding carboxylic acids is 2. The third-order valence-electron chi connectivity index (χ3n) is 5.26. The van der Waals surface area contributed by atoms with E-state index in [0.717, 1.165) is 38.3 Å². The monoisotopic (exact) mass is 357 g/mol. The smallest absolute Gasteiger partial charge is 0.253 e. The minimum atomic E-state index is -0.0869. The van der Waals surface area contributed by atoms with Crippen LogP contribution in [0, 0.1) is 5.92 Å². The summed E-state index contributed by atoms with van der Waals surface area (Å²) in [5.41, 5.74) is 1.16. The zero-order valence-electron chi connectivity index (χ0n) is 15.8. The van der Waals surface area contributed by atoms with Gasteiger partial charge in [-0.2, -0.15) is 0 Å². The third-order valence-corrected chi connectivity index (χ3v) is 5.26. The number of anilines is 1. The number of benzene rings is 1. The van der Waals surface area contributed by atoms with Crippen molar-refractivity contribution in [1.29, 1.82) is 0 Å². The Morgan fingerprint density at radius 1 is 1.12 bits per heavy atom. The van der Waals surface area contributed by atoms with Gasteiger partial charge in [-0.3, -0.25) is 14.5 Å². The Hall–Kier alpha value is -1.88. The van der Waals surface area contributed by atoms with Crippen LogP contribution in [0.15, 0.2) is 24.3 Å². The second-order valence-corrected chi connectivity index (χ2v) is 7.73. The van der Waals surface area contributed by atoms with Gasteiger partial charge in [-0.25, -0.2) is 0 Å². The summed E-state index contributed by atoms with van der Waals surface area (Å²) in [7, 11) is 0. The minimum absolute atomic E-state index is 0.0415. The van der Waals surface area contributed by atoms with Crippen molar-refractivity contribution in [3.05, 3.63) is 29.8 Å². The van der Waals surface area contributed by atoms with Gasteiger partial charge in [-0.1, -0.05) is 31.9 Å². The molecule has 2 amide bonds. The number of para-hydroxylation sites is 1. The van der Waals surface area contributed by atoms with Crippen LogP contribution in [0.2, 0.25) is 0 Å². The van der Waals surface area contributed by atoms with Gasteiger partial charge < -0.3 is 10.6 Å². The van der Waals surface area contributed by atoms with E-state index in [9.17, 15) is 9.59 Å². The molecule has 2 aliphatic rings. The predicted molar refractivity (Wildman–Crippen MR) is 104 cm³/mol. The fourth-order valence-corrected chi connectivity index (χ4v) is 3.73. The van der Waals surface area contributed by atoms with Crippen LogP contribution in [0.5, 0.6) is 0 Å². The first kappa shape index (κ1) is 18.9. The van der Waals surface area contributed by atoms with Crippen LogP contribution in [-0.2, 0) is 4.79 Å². The van der Waals surface area contributed by atoms with Crippen molar-refractivity contribution in [2.45, 2.75) is 57.9 Å². The van der Waals surface area contributed by atoms with Crippen molar-refractivity contribution >= 4 is 17.5 Å². The quantitative estimate of drug-likeness (QED) is 0.712. The number of nitrogens with one attached hydrogen (secondary N) is 2. The molecular weight excluding hydrogens is 326 g/mol. The van der Waals surface area contributed by atoms with Crippen molar-refractivity contribution in [3.8, 4) is 0 Å². The van der Waals surface area contributed by atoms with Crippen LogP contribution in [0.1, 0.15) is 62.2 Å². The number of hydrogen-bond donors (Lipinski definition) is 2. The highest BCUT2D eigenvalue weighted by Crippen LogP contribution is 2.29. The van der Waals surface area contributed by atoms with E-state index in [4.69, 9.17) is 0 Å². The van der Waals surface area contributed by atoms with Gasteiger partial charge in [0.1, 0.15) is 0 Å². The van der Waals surface area contributed by atoms with Gasteiger partial charge >= 0.3 is 0 Å². The molecule has 2 fully saturated rings. The van der Waals surface area contributed by atoms with Crippen molar-refractivity contribution in [1.82, 2.24) is 10.2 Å². The molecule has 0 aromatic heterocycles. The molecule has 3 rings (SSSR count). The molecule has 142 valence electrons. The molecule has 0 saturated heterocycles. The zero-order valence-corrected chi connectivity index (χ0v) is 15.8. The first-order chi connectivity index (χ1) is 12.7. The van der Waals surface area contributed by atoms with E-state index in [0.29, 0.717) is 17.8 Å². The lowest BCUT2D eigenvalue weighted by atomic mass is 10.1. The van der Waals surface area contributed by atoms with E-state index in [1.807, 2.05) is 18.2 Å². The molecule has 0 radical (unpaired) electrons. The van der Waals surface area contributed by atoms with Crippen LogP contribution in [-0.4, -0.2) is 42.4 Å². The number of rotatable bonds is 9. The average molecular weight is 357 g/mol. The molecule has 2 aliphatic carbocycles. The number of amides is 2. The van der Waals surface area contributed by atoms with E-state index < -0.39 is 0 Å². The predicted octanol–water partition coefficient (Wildman–Crippen LogP) is 3.42. The summed E-state index contributed by atoms with van der Waals surface area (Å²) in [6, 6.07) is 7.57. The standard InChI is InChI=1S/C21H31N3O2/c1-2-13-24(14-16-11-12-16)15-20(25)23-19-10-6-5-9-18(19)21(26)22-17-7-3-4-8-17/h5-6,9-10,16-17H,2-4,7-8,11-15H2,1H3,(H,22,26)(H,23,25). The lowest BCUT2D eigenvalue weighted by molar-refractivity contribution is -0.117. The van der Waals surface area contributed by atoms with Gasteiger partial charge in [0, 0.05) is 12.6 Å². The van der Waals surface area contributed by atoms with Gasteiger partial charge in [0.05, 0.1) is 17.8 Å². The van der Waals surface area contributed by atoms with E-state index in [1.54, 1.807) is 6.07 Å². The van der Waals surface area contributed by atoms with E-state index in [-0.39, 0.29) is 17.9 Å². The minimum Gasteiger partial charge on any atom is -0.349 e. The molecule has 5 heteroatoms. The van der Waals surface area contributed by atoms with Gasteiger partial charge in [-0.05, 0) is 56.7 Å². The van der Waals surface area contributed by atoms with Crippen LogP contribution < -0.4 is 10.6 Å². The summed E-state index contributed by atoms with van der Waals surface area (Å²) in [5, 5.41) is 6.06. The third kappa shape index (κ3) is 5.56. The molecule has 0 aliphatic heterocycles.